The summed E-state index contributed by atoms with van der Waals surface area (Å²) in [6.07, 6.45) is 0. The molecule has 0 bridgehead atoms. The zero-order chi connectivity index (χ0) is 53.4. The van der Waals surface area contributed by atoms with E-state index in [2.05, 4.69) is 9.47 Å². The molecule has 0 radical (unpaired) electrons. The zero-order valence-electron chi connectivity index (χ0n) is 39.9. The molecule has 76 heavy (non-hydrogen) atoms. The first-order chi connectivity index (χ1) is 36.6. The summed E-state index contributed by atoms with van der Waals surface area (Å²) < 4.78 is 31.9. The number of nitrogens with two attached hydrogens (primary N) is 2. The molecular weight excluding hydrogens is 977 g/mol. The Morgan fingerprint density at radius 3 is 1.24 bits per heavy atom. The first kappa shape index (κ1) is 48.7. The van der Waals surface area contributed by atoms with E-state index in [1.807, 2.05) is 61.5 Å². The number of cyclic esters (lactones) is 4. The molecule has 8 aromatic rings. The molecule has 0 spiro atoms. The van der Waals surface area contributed by atoms with Crippen LogP contribution in [0.3, 0.4) is 0 Å². The number of carbonyl (C=O) groups excluding carboxylic acids is 8. The van der Waals surface area contributed by atoms with Crippen molar-refractivity contribution in [3.63, 3.8) is 0 Å². The number of anilines is 3. The van der Waals surface area contributed by atoms with Gasteiger partial charge in [0.1, 0.15) is 46.0 Å². The monoisotopic (exact) mass is 1020 g/mol. The van der Waals surface area contributed by atoms with Crippen LogP contribution in [0.5, 0.6) is 46.0 Å². The third kappa shape index (κ3) is 9.87. The summed E-state index contributed by atoms with van der Waals surface area (Å²) in [6.45, 7) is 1.97. The molecule has 4 aliphatic heterocycles. The summed E-state index contributed by atoms with van der Waals surface area (Å²) in [5, 5.41) is 0. The Bertz CT molecular complexity index is 3720. The maximum absolute atomic E-state index is 13.2. The first-order valence-corrected chi connectivity index (χ1v) is 23.0. The van der Waals surface area contributed by atoms with Crippen molar-refractivity contribution in [2.75, 3.05) is 23.4 Å². The number of carbonyl (C=O) groups is 8. The number of nitrogens with zero attached hydrogens (tertiary/aromatic N) is 2. The number of amides is 4. The van der Waals surface area contributed by atoms with Crippen LogP contribution in [0.2, 0.25) is 0 Å². The lowest BCUT2D eigenvalue weighted by Crippen LogP contribution is -2.29. The minimum Gasteiger partial charge on any atom is -0.457 e. The number of esters is 4. The van der Waals surface area contributed by atoms with Crippen LogP contribution in [0.25, 0.3) is 0 Å². The number of hydrogen-bond acceptors (Lipinski definition) is 16. The summed E-state index contributed by atoms with van der Waals surface area (Å²) in [6, 6.07) is 46.7. The summed E-state index contributed by atoms with van der Waals surface area (Å²) in [5.74, 6) is -0.600. The highest BCUT2D eigenvalue weighted by Crippen LogP contribution is 2.36. The quantitative estimate of drug-likeness (QED) is 0.0590. The Morgan fingerprint density at radius 2 is 0.724 bits per heavy atom. The van der Waals surface area contributed by atoms with Crippen LogP contribution in [0, 0.1) is 6.92 Å². The van der Waals surface area contributed by atoms with Crippen molar-refractivity contribution in [2.45, 2.75) is 6.92 Å². The molecule has 0 fully saturated rings. The maximum Gasteiger partial charge on any atom is 0.347 e. The van der Waals surface area contributed by atoms with Gasteiger partial charge < -0.3 is 39.9 Å². The van der Waals surface area contributed by atoms with Crippen molar-refractivity contribution in [1.82, 2.24) is 4.90 Å². The van der Waals surface area contributed by atoms with E-state index in [0.29, 0.717) is 39.9 Å². The summed E-state index contributed by atoms with van der Waals surface area (Å²) in [7, 11) is 1.42. The molecule has 0 saturated heterocycles. The summed E-state index contributed by atoms with van der Waals surface area (Å²) in [5.41, 5.74) is 15.7. The number of ether oxygens (including phenoxy) is 6. The molecule has 0 aromatic heterocycles. The molecule has 0 aliphatic carbocycles. The fourth-order valence-electron chi connectivity index (χ4n) is 8.18. The highest BCUT2D eigenvalue weighted by atomic mass is 16.6. The average Bonchev–Trinajstić information content (AvgIpc) is 4.07. The second-order valence-corrected chi connectivity index (χ2v) is 17.2. The number of imide groups is 2. The molecule has 12 rings (SSSR count). The molecule has 4 aliphatic rings. The van der Waals surface area contributed by atoms with E-state index in [-0.39, 0.29) is 59.2 Å². The van der Waals surface area contributed by atoms with Gasteiger partial charge >= 0.3 is 23.9 Å². The van der Waals surface area contributed by atoms with Gasteiger partial charge in [0, 0.05) is 27.3 Å². The predicted molar refractivity (Wildman–Crippen MR) is 277 cm³/mol. The third-order valence-electron chi connectivity index (χ3n) is 11.9. The van der Waals surface area contributed by atoms with Gasteiger partial charge in [-0.2, -0.15) is 0 Å². The minimum atomic E-state index is -0.737. The topological polar surface area (TPSA) is 250 Å². The van der Waals surface area contributed by atoms with Gasteiger partial charge in [0.05, 0.1) is 50.2 Å². The standard InChI is InChI=1S/C30H20N2O6.C16H6O7.C12H12N2O.2H2/c1-17-4-3-5-20(14-17)37-19-8-6-18(7-9-19)32-29(35)24-13-11-22(16-26(24)30(32)36)38-21-10-12-23-25(15-21)28(34)31(2)27(23)33;17-13-9-3-1-7(5-11(9)15(19)22-13)21-8-2-4-10-12(6-8)16(20)23-14(10)18;13-9-4-6-11(7-5-9)15-12-3-1-2-10(14)8-12;;/h3-16H,1-2H3;1-6H;1-8H,13-14H2;2*1H/i;;;2*1+1. The Labute approximate surface area is 434 Å². The Kier molecular flexibility index (Phi) is 12.8. The summed E-state index contributed by atoms with van der Waals surface area (Å²) in [4.78, 5) is 98.6. The maximum atomic E-state index is 13.2. The van der Waals surface area contributed by atoms with Gasteiger partial charge in [0.15, 0.2) is 0 Å². The number of aryl methyl sites for hydroxylation is 1. The molecule has 378 valence electrons. The number of hydrogen-bond donors (Lipinski definition) is 2. The van der Waals surface area contributed by atoms with E-state index in [1.54, 1.807) is 54.6 Å². The summed E-state index contributed by atoms with van der Waals surface area (Å²) >= 11 is 0. The van der Waals surface area contributed by atoms with Crippen LogP contribution in [-0.2, 0) is 9.47 Å². The molecule has 18 nitrogen and oxygen atoms in total. The Morgan fingerprint density at radius 1 is 0.355 bits per heavy atom. The van der Waals surface area contributed by atoms with Crippen LogP contribution >= 0.6 is 0 Å². The van der Waals surface area contributed by atoms with E-state index < -0.39 is 41.6 Å². The van der Waals surface area contributed by atoms with Gasteiger partial charge in [-0.05, 0) is 158 Å². The van der Waals surface area contributed by atoms with Crippen LogP contribution in [0.4, 0.5) is 17.1 Å². The van der Waals surface area contributed by atoms with Crippen molar-refractivity contribution in [3.8, 4) is 46.0 Å². The molecule has 0 saturated carbocycles. The number of benzene rings is 8. The fourth-order valence-corrected chi connectivity index (χ4v) is 8.18. The van der Waals surface area contributed by atoms with Gasteiger partial charge in [-0.15, -0.1) is 0 Å². The predicted octanol–water partition coefficient (Wildman–Crippen LogP) is 10.8. The number of fused-ring (bicyclic) bond motifs is 4. The molecule has 8 aromatic carbocycles. The van der Waals surface area contributed by atoms with E-state index in [4.69, 9.17) is 30.4 Å². The van der Waals surface area contributed by atoms with Crippen molar-refractivity contribution in [2.24, 2.45) is 0 Å². The average molecular weight is 1020 g/mol. The van der Waals surface area contributed by atoms with E-state index in [9.17, 15) is 38.4 Å². The van der Waals surface area contributed by atoms with Crippen molar-refractivity contribution < 1.29 is 69.6 Å². The van der Waals surface area contributed by atoms with Crippen molar-refractivity contribution in [3.05, 3.63) is 220 Å². The molecule has 0 unspecified atom stereocenters. The lowest BCUT2D eigenvalue weighted by molar-refractivity contribution is 0.0425. The van der Waals surface area contributed by atoms with Crippen molar-refractivity contribution >= 4 is 64.6 Å². The molecule has 18 heteroatoms. The fraction of sp³-hybridized carbons (Fsp3) is 0.0345. The molecule has 4 N–H and O–H groups in total. The Hall–Kier alpha value is -10.9. The van der Waals surface area contributed by atoms with Gasteiger partial charge in [-0.1, -0.05) is 18.2 Å². The lowest BCUT2D eigenvalue weighted by Gasteiger charge is -2.14. The molecular formula is C58H42N4O14. The van der Waals surface area contributed by atoms with Crippen LogP contribution in [-0.4, -0.2) is 59.5 Å². The Balaban J connectivity index is 0.000000170. The largest absolute Gasteiger partial charge is 0.457 e. The van der Waals surface area contributed by atoms with Crippen LogP contribution < -0.4 is 35.3 Å². The number of nitrogen functional groups attached to an aromatic ring is 2. The van der Waals surface area contributed by atoms with E-state index in [1.165, 1.54) is 67.7 Å². The lowest BCUT2D eigenvalue weighted by atomic mass is 10.1. The van der Waals surface area contributed by atoms with Gasteiger partial charge in [0.25, 0.3) is 23.6 Å². The van der Waals surface area contributed by atoms with Gasteiger partial charge in [-0.3, -0.25) is 24.1 Å². The SMILES string of the molecule is Cc1cccc(Oc2ccc(N3C(=O)c4ccc(Oc5ccc6c(c5)C(=O)N(C)C6=O)cc4C3=O)cc2)c1.Nc1ccc(Oc2cccc(N)c2)cc1.O=C1OC(=O)c2cc(Oc3ccc4c(c3)C(=O)OC4=O)ccc21.[2HH].[2HH]. The molecule has 0 atom stereocenters. The minimum absolute atomic E-state index is 0. The van der Waals surface area contributed by atoms with Gasteiger partial charge in [0.2, 0.25) is 0 Å². The highest BCUT2D eigenvalue weighted by molar-refractivity contribution is 6.34. The number of rotatable bonds is 9. The van der Waals surface area contributed by atoms with Crippen LogP contribution in [0.1, 0.15) is 91.3 Å². The van der Waals surface area contributed by atoms with Crippen molar-refractivity contribution in [1.29, 1.82) is 0 Å². The van der Waals surface area contributed by atoms with E-state index in [0.717, 1.165) is 32.5 Å². The normalized spacial score (nSPS) is 13.6. The molecule has 4 heterocycles. The van der Waals surface area contributed by atoms with Crippen LogP contribution in [0.15, 0.2) is 170 Å². The highest BCUT2D eigenvalue weighted by Gasteiger charge is 2.38. The second kappa shape index (κ2) is 20.0. The third-order valence-corrected chi connectivity index (χ3v) is 11.9. The second-order valence-electron chi connectivity index (χ2n) is 17.2. The van der Waals surface area contributed by atoms with E-state index >= 15 is 0 Å². The smallest absolute Gasteiger partial charge is 0.347 e. The molecule has 4 amide bonds. The van der Waals surface area contributed by atoms with Gasteiger partial charge in [-0.25, -0.2) is 24.1 Å². The zero-order valence-corrected chi connectivity index (χ0v) is 39.9. The first-order valence-electron chi connectivity index (χ1n) is 23.0.